The minimum Gasteiger partial charge on any atom is -0.505 e. The molecule has 318 valence electrons. The standard InChI is InChI=1S/C53H34ClN7O5/c54-43-15-7-9-17-45(43)56-53(65)42-25-29-10-4-5-13-35(29)48(52(42)64)59-57-33-19-22-36-37-23-20-34(27-41(37)51(63)40(36)26-33)58-60-49-46-30(18-21-39-38-14-6-8-16-44(38)55-47(39)46)24-31(50(49)62)28-66-61-32-11-2-1-3-12-32/h1-27,55,61-62,64H,28H2,(H,56,65). The second-order valence-corrected chi connectivity index (χ2v) is 16.1. The van der Waals surface area contributed by atoms with Crippen LogP contribution in [0.2, 0.25) is 5.02 Å². The van der Waals surface area contributed by atoms with Gasteiger partial charge in [-0.05, 0) is 88.6 Å². The Balaban J connectivity index is 0.905. The minimum absolute atomic E-state index is 0.0116. The average Bonchev–Trinajstić information content (AvgIpc) is 3.86. The predicted molar refractivity (Wildman–Crippen MR) is 259 cm³/mol. The van der Waals surface area contributed by atoms with Crippen molar-refractivity contribution in [1.29, 1.82) is 0 Å². The number of carbonyl (C=O) groups is 2. The number of ketones is 1. The van der Waals surface area contributed by atoms with Crippen LogP contribution in [0.15, 0.2) is 184 Å². The van der Waals surface area contributed by atoms with Crippen molar-refractivity contribution in [2.75, 3.05) is 10.8 Å². The predicted octanol–water partition coefficient (Wildman–Crippen LogP) is 14.5. The molecule has 0 spiro atoms. The van der Waals surface area contributed by atoms with Gasteiger partial charge in [-0.25, -0.2) is 0 Å². The van der Waals surface area contributed by atoms with Gasteiger partial charge in [0.25, 0.3) is 5.91 Å². The van der Waals surface area contributed by atoms with E-state index in [9.17, 15) is 19.8 Å². The summed E-state index contributed by atoms with van der Waals surface area (Å²) in [5.41, 5.74) is 9.69. The largest absolute Gasteiger partial charge is 0.505 e. The third-order valence-corrected chi connectivity index (χ3v) is 12.0. The van der Waals surface area contributed by atoms with E-state index < -0.39 is 5.91 Å². The van der Waals surface area contributed by atoms with E-state index in [2.05, 4.69) is 36.2 Å². The molecular formula is C53H34ClN7O5. The number of carbonyl (C=O) groups excluding carboxylic acids is 2. The van der Waals surface area contributed by atoms with Gasteiger partial charge >= 0.3 is 0 Å². The number of rotatable bonds is 10. The van der Waals surface area contributed by atoms with Crippen molar-refractivity contribution in [3.63, 3.8) is 0 Å². The second-order valence-electron chi connectivity index (χ2n) is 15.7. The number of aromatic nitrogens is 1. The summed E-state index contributed by atoms with van der Waals surface area (Å²) in [5.74, 6) is -1.26. The van der Waals surface area contributed by atoms with Crippen molar-refractivity contribution in [3.05, 3.63) is 191 Å². The summed E-state index contributed by atoms with van der Waals surface area (Å²) >= 11 is 6.29. The van der Waals surface area contributed by atoms with Crippen LogP contribution >= 0.6 is 11.6 Å². The lowest BCUT2D eigenvalue weighted by Gasteiger charge is -2.13. The fourth-order valence-electron chi connectivity index (χ4n) is 8.49. The van der Waals surface area contributed by atoms with Crippen LogP contribution in [0.1, 0.15) is 31.8 Å². The second kappa shape index (κ2) is 16.4. The zero-order valence-corrected chi connectivity index (χ0v) is 35.3. The average molecular weight is 884 g/mol. The number of anilines is 2. The molecule has 13 heteroatoms. The van der Waals surface area contributed by atoms with E-state index in [1.165, 1.54) is 0 Å². The highest BCUT2D eigenvalue weighted by Gasteiger charge is 2.28. The Morgan fingerprint density at radius 1 is 0.606 bits per heavy atom. The summed E-state index contributed by atoms with van der Waals surface area (Å²) in [6.07, 6.45) is 0. The molecule has 0 unspecified atom stereocenters. The van der Waals surface area contributed by atoms with E-state index in [0.29, 0.717) is 60.5 Å². The van der Waals surface area contributed by atoms with Gasteiger partial charge in [-0.1, -0.05) is 109 Å². The minimum atomic E-state index is -0.575. The van der Waals surface area contributed by atoms with Gasteiger partial charge in [-0.2, -0.15) is 10.2 Å². The first-order valence-electron chi connectivity index (χ1n) is 20.9. The molecule has 1 aromatic heterocycles. The lowest BCUT2D eigenvalue weighted by molar-refractivity contribution is 0.102. The van der Waals surface area contributed by atoms with E-state index in [1.54, 1.807) is 72.8 Å². The molecule has 1 aliphatic carbocycles. The number of amides is 1. The molecule has 0 fully saturated rings. The number of nitrogens with one attached hydrogen (secondary N) is 3. The summed E-state index contributed by atoms with van der Waals surface area (Å²) < 4.78 is 0. The van der Waals surface area contributed by atoms with Gasteiger partial charge in [0.1, 0.15) is 23.7 Å². The fourth-order valence-corrected chi connectivity index (χ4v) is 8.67. The number of azo groups is 2. The summed E-state index contributed by atoms with van der Waals surface area (Å²) in [4.78, 5) is 36.8. The number of fused-ring (bicyclic) bond motifs is 9. The number of phenols is 2. The number of phenolic OH excluding ortho intramolecular Hbond substituents is 2. The summed E-state index contributed by atoms with van der Waals surface area (Å²) in [6, 6.07) is 49.4. The SMILES string of the molecule is O=C1c2cc(N=Nc3c(O)c(C(=O)Nc4ccccc4Cl)cc4ccccc34)ccc2-c2ccc(N=Nc3c(O)c(CONc4ccccc4)cc4ccc5c6ccccc6[nH]c5c34)cc21. The number of H-pyrrole nitrogens is 1. The Bertz CT molecular complexity index is 3700. The number of para-hydroxylation sites is 3. The third kappa shape index (κ3) is 7.12. The molecule has 0 saturated carbocycles. The van der Waals surface area contributed by atoms with Crippen molar-refractivity contribution >= 4 is 101 Å². The van der Waals surface area contributed by atoms with Crippen LogP contribution in [-0.2, 0) is 11.4 Å². The highest BCUT2D eigenvalue weighted by Crippen LogP contribution is 2.46. The first-order valence-corrected chi connectivity index (χ1v) is 21.2. The zero-order chi connectivity index (χ0) is 44.9. The van der Waals surface area contributed by atoms with Crippen molar-refractivity contribution < 1.29 is 24.6 Å². The molecule has 0 atom stereocenters. The monoisotopic (exact) mass is 883 g/mol. The lowest BCUT2D eigenvalue weighted by atomic mass is 10.0. The Labute approximate surface area is 380 Å². The number of hydrogen-bond donors (Lipinski definition) is 5. The number of aromatic amines is 1. The molecule has 1 heterocycles. The van der Waals surface area contributed by atoms with Crippen LogP contribution in [0, 0.1) is 0 Å². The molecule has 5 N–H and O–H groups in total. The molecule has 11 rings (SSSR count). The number of aromatic hydroxyl groups is 2. The maximum Gasteiger partial charge on any atom is 0.259 e. The topological polar surface area (TPSA) is 173 Å². The number of nitrogens with zero attached hydrogens (tertiary/aromatic N) is 4. The van der Waals surface area contributed by atoms with Gasteiger partial charge in [0.05, 0.1) is 38.9 Å². The number of hydrogen-bond acceptors (Lipinski definition) is 10. The maximum absolute atomic E-state index is 14.1. The highest BCUT2D eigenvalue weighted by atomic mass is 35.5. The van der Waals surface area contributed by atoms with Gasteiger partial charge in [0.2, 0.25) is 0 Å². The van der Waals surface area contributed by atoms with E-state index in [4.69, 9.17) is 16.4 Å². The van der Waals surface area contributed by atoms with Crippen molar-refractivity contribution in [3.8, 4) is 22.6 Å². The smallest absolute Gasteiger partial charge is 0.259 e. The fraction of sp³-hybridized carbons (Fsp3) is 0.0189. The quantitative estimate of drug-likeness (QED) is 0.0675. The van der Waals surface area contributed by atoms with E-state index >= 15 is 0 Å². The van der Waals surface area contributed by atoms with Gasteiger partial charge in [-0.3, -0.25) is 19.9 Å². The molecule has 66 heavy (non-hydrogen) atoms. The molecule has 1 aliphatic rings. The van der Waals surface area contributed by atoms with E-state index in [-0.39, 0.29) is 40.8 Å². The van der Waals surface area contributed by atoms with Crippen molar-refractivity contribution in [2.45, 2.75) is 6.61 Å². The van der Waals surface area contributed by atoms with Gasteiger partial charge in [0, 0.05) is 43.8 Å². The van der Waals surface area contributed by atoms with E-state index in [1.807, 2.05) is 91.0 Å². The number of halogens is 1. The molecule has 0 saturated heterocycles. The molecular weight excluding hydrogens is 850 g/mol. The van der Waals surface area contributed by atoms with Crippen LogP contribution in [0.5, 0.6) is 11.5 Å². The molecule has 1 amide bonds. The van der Waals surface area contributed by atoms with Crippen LogP contribution in [-0.4, -0.2) is 26.9 Å². The Hall–Kier alpha value is -8.71. The third-order valence-electron chi connectivity index (χ3n) is 11.7. The van der Waals surface area contributed by atoms with Gasteiger partial charge in [-0.15, -0.1) is 10.2 Å². The molecule has 0 radical (unpaired) electrons. The first kappa shape index (κ1) is 40.1. The molecule has 0 bridgehead atoms. The Kier molecular flexibility index (Phi) is 9.99. The van der Waals surface area contributed by atoms with Gasteiger partial charge in [0.15, 0.2) is 11.5 Å². The Morgan fingerprint density at radius 3 is 2.03 bits per heavy atom. The van der Waals surface area contributed by atoms with E-state index in [0.717, 1.165) is 38.4 Å². The zero-order valence-electron chi connectivity index (χ0n) is 34.6. The summed E-state index contributed by atoms with van der Waals surface area (Å²) in [5, 5.41) is 49.3. The summed E-state index contributed by atoms with van der Waals surface area (Å²) in [7, 11) is 0. The van der Waals surface area contributed by atoms with Crippen LogP contribution in [0.4, 0.5) is 34.1 Å². The normalized spacial score (nSPS) is 12.2. The molecule has 9 aromatic carbocycles. The molecule has 10 aromatic rings. The Morgan fingerprint density at radius 2 is 1.27 bits per heavy atom. The van der Waals surface area contributed by atoms with Gasteiger partial charge < -0.3 is 20.5 Å². The summed E-state index contributed by atoms with van der Waals surface area (Å²) in [6.45, 7) is 0.0306. The molecule has 0 aliphatic heterocycles. The van der Waals surface area contributed by atoms with Crippen LogP contribution in [0.3, 0.4) is 0 Å². The van der Waals surface area contributed by atoms with Crippen molar-refractivity contribution in [2.24, 2.45) is 20.5 Å². The maximum atomic E-state index is 14.1. The number of benzene rings is 9. The lowest BCUT2D eigenvalue weighted by Crippen LogP contribution is -2.12. The van der Waals surface area contributed by atoms with Crippen LogP contribution in [0.25, 0.3) is 54.5 Å². The van der Waals surface area contributed by atoms with Crippen LogP contribution < -0.4 is 10.8 Å². The molecule has 12 nitrogen and oxygen atoms in total. The first-order chi connectivity index (χ1) is 32.3. The highest BCUT2D eigenvalue weighted by molar-refractivity contribution is 6.34. The van der Waals surface area contributed by atoms with Crippen molar-refractivity contribution in [1.82, 2.24) is 4.98 Å².